The van der Waals surface area contributed by atoms with Crippen molar-refractivity contribution in [2.75, 3.05) is 0 Å². The Kier molecular flexibility index (Phi) is 3.79. The molecule has 0 heterocycles. The first-order valence-corrected chi connectivity index (χ1v) is 3.76. The molecule has 0 fully saturated rings. The number of rotatable bonds is 3. The Bertz CT molecular complexity index is 239. The average molecular weight is 216 g/mol. The van der Waals surface area contributed by atoms with Gasteiger partial charge in [0.1, 0.15) is 0 Å². The quantitative estimate of drug-likeness (QED) is 0.523. The molecule has 82 valence electrons. The summed E-state index contributed by atoms with van der Waals surface area (Å²) < 4.78 is 59.3. The highest BCUT2D eigenvalue weighted by atomic mass is 19.4. The SMILES string of the molecule is CC(C)/C=C/C(=O)C(F)(F)C(F)(F)F. The predicted octanol–water partition coefficient (Wildman–Crippen LogP) is 2.97. The fraction of sp³-hybridized carbons (Fsp3) is 0.625. The van der Waals surface area contributed by atoms with Gasteiger partial charge in [-0.15, -0.1) is 0 Å². The number of hydrogen-bond donors (Lipinski definition) is 0. The maximum absolute atomic E-state index is 12.2. The van der Waals surface area contributed by atoms with Crippen molar-refractivity contribution in [2.24, 2.45) is 5.92 Å². The molecule has 0 saturated heterocycles. The van der Waals surface area contributed by atoms with Gasteiger partial charge in [-0.1, -0.05) is 19.9 Å². The van der Waals surface area contributed by atoms with Gasteiger partial charge in [-0.25, -0.2) is 0 Å². The van der Waals surface area contributed by atoms with Gasteiger partial charge in [0.25, 0.3) is 0 Å². The maximum atomic E-state index is 12.2. The second-order valence-electron chi connectivity index (χ2n) is 3.04. The summed E-state index contributed by atoms with van der Waals surface area (Å²) in [6.07, 6.45) is -4.58. The summed E-state index contributed by atoms with van der Waals surface area (Å²) in [5, 5.41) is 0. The van der Waals surface area contributed by atoms with Crippen LogP contribution in [0.25, 0.3) is 0 Å². The lowest BCUT2D eigenvalue weighted by Crippen LogP contribution is -2.43. The molecule has 6 heteroatoms. The zero-order valence-corrected chi connectivity index (χ0v) is 7.53. The van der Waals surface area contributed by atoms with E-state index in [1.807, 2.05) is 0 Å². The first-order chi connectivity index (χ1) is 6.09. The molecule has 0 aromatic heterocycles. The molecule has 0 aromatic rings. The largest absolute Gasteiger partial charge is 0.461 e. The third-order valence-electron chi connectivity index (χ3n) is 1.30. The summed E-state index contributed by atoms with van der Waals surface area (Å²) in [6, 6.07) is 0. The molecular weight excluding hydrogens is 207 g/mol. The lowest BCUT2D eigenvalue weighted by Gasteiger charge is -2.16. The van der Waals surface area contributed by atoms with Crippen molar-refractivity contribution in [2.45, 2.75) is 25.9 Å². The van der Waals surface area contributed by atoms with Crippen LogP contribution in [-0.2, 0) is 4.79 Å². The molecule has 1 nitrogen and oxygen atoms in total. The smallest absolute Gasteiger partial charge is 0.288 e. The van der Waals surface area contributed by atoms with Crippen LogP contribution in [0.4, 0.5) is 22.0 Å². The second-order valence-corrected chi connectivity index (χ2v) is 3.04. The topological polar surface area (TPSA) is 17.1 Å². The van der Waals surface area contributed by atoms with E-state index in [9.17, 15) is 26.7 Å². The highest BCUT2D eigenvalue weighted by molar-refractivity contribution is 5.96. The molecule has 0 radical (unpaired) electrons. The van der Waals surface area contributed by atoms with Crippen LogP contribution in [-0.4, -0.2) is 17.9 Å². The number of carbonyl (C=O) groups is 1. The second kappa shape index (κ2) is 4.06. The third-order valence-corrected chi connectivity index (χ3v) is 1.30. The Balaban J connectivity index is 4.69. The normalized spacial score (nSPS) is 14.0. The summed E-state index contributed by atoms with van der Waals surface area (Å²) in [4.78, 5) is 10.5. The zero-order chi connectivity index (χ0) is 11.6. The van der Waals surface area contributed by atoms with Crippen molar-refractivity contribution >= 4 is 5.78 Å². The van der Waals surface area contributed by atoms with Gasteiger partial charge in [0.05, 0.1) is 0 Å². The standard InChI is InChI=1S/C8H9F5O/c1-5(2)3-4-6(14)7(9,10)8(11,12)13/h3-5H,1-2H3/b4-3+. The Hall–Kier alpha value is -0.940. The van der Waals surface area contributed by atoms with Crippen molar-refractivity contribution in [3.63, 3.8) is 0 Å². The maximum Gasteiger partial charge on any atom is 0.461 e. The van der Waals surface area contributed by atoms with Crippen molar-refractivity contribution in [3.8, 4) is 0 Å². The Morgan fingerprint density at radius 2 is 1.57 bits per heavy atom. The van der Waals surface area contributed by atoms with E-state index >= 15 is 0 Å². The molecule has 0 rings (SSSR count). The molecule has 0 bridgehead atoms. The Morgan fingerprint density at radius 3 is 1.86 bits per heavy atom. The number of ketones is 1. The number of alkyl halides is 5. The van der Waals surface area contributed by atoms with Crippen molar-refractivity contribution in [1.29, 1.82) is 0 Å². The van der Waals surface area contributed by atoms with Crippen LogP contribution in [0.5, 0.6) is 0 Å². The highest BCUT2D eigenvalue weighted by Crippen LogP contribution is 2.36. The molecular formula is C8H9F5O. The van der Waals surface area contributed by atoms with E-state index < -0.39 is 17.9 Å². The Morgan fingerprint density at radius 1 is 1.14 bits per heavy atom. The predicted molar refractivity (Wildman–Crippen MR) is 40.0 cm³/mol. The van der Waals surface area contributed by atoms with E-state index in [0.29, 0.717) is 0 Å². The summed E-state index contributed by atoms with van der Waals surface area (Å²) in [6.45, 7) is 3.10. The van der Waals surface area contributed by atoms with E-state index in [1.54, 1.807) is 13.8 Å². The number of hydrogen-bond acceptors (Lipinski definition) is 1. The van der Waals surface area contributed by atoms with Gasteiger partial charge in [-0.05, 0) is 12.0 Å². The molecule has 0 N–H and O–H groups in total. The van der Waals surface area contributed by atoms with E-state index in [-0.39, 0.29) is 12.0 Å². The molecule has 0 aromatic carbocycles. The first-order valence-electron chi connectivity index (χ1n) is 3.76. The van der Waals surface area contributed by atoms with E-state index in [4.69, 9.17) is 0 Å². The van der Waals surface area contributed by atoms with Crippen LogP contribution < -0.4 is 0 Å². The lowest BCUT2D eigenvalue weighted by molar-refractivity contribution is -0.266. The molecule has 0 amide bonds. The van der Waals surface area contributed by atoms with Crippen molar-refractivity contribution < 1.29 is 26.7 Å². The lowest BCUT2D eigenvalue weighted by atomic mass is 10.1. The van der Waals surface area contributed by atoms with Crippen LogP contribution in [0, 0.1) is 5.92 Å². The zero-order valence-electron chi connectivity index (χ0n) is 7.53. The monoisotopic (exact) mass is 216 g/mol. The van der Waals surface area contributed by atoms with Gasteiger partial charge in [0.2, 0.25) is 5.78 Å². The van der Waals surface area contributed by atoms with E-state index in [0.717, 1.165) is 6.08 Å². The minimum absolute atomic E-state index is 0.261. The minimum atomic E-state index is -5.83. The molecule has 0 saturated carbocycles. The van der Waals surface area contributed by atoms with Crippen molar-refractivity contribution in [3.05, 3.63) is 12.2 Å². The van der Waals surface area contributed by atoms with Crippen molar-refractivity contribution in [1.82, 2.24) is 0 Å². The molecule has 0 aliphatic rings. The molecule has 0 aliphatic heterocycles. The molecule has 14 heavy (non-hydrogen) atoms. The summed E-state index contributed by atoms with van der Waals surface area (Å²) in [5.74, 6) is -7.79. The molecule has 0 aliphatic carbocycles. The number of carbonyl (C=O) groups excluding carboxylic acids is 1. The van der Waals surface area contributed by atoms with Gasteiger partial charge in [0, 0.05) is 0 Å². The van der Waals surface area contributed by atoms with Gasteiger partial charge < -0.3 is 0 Å². The number of allylic oxidation sites excluding steroid dienone is 2. The fourth-order valence-electron chi connectivity index (χ4n) is 0.524. The average Bonchev–Trinajstić information content (AvgIpc) is 1.97. The van der Waals surface area contributed by atoms with Crippen LogP contribution in [0.2, 0.25) is 0 Å². The van der Waals surface area contributed by atoms with Crippen LogP contribution in [0.3, 0.4) is 0 Å². The van der Waals surface area contributed by atoms with Gasteiger partial charge in [-0.2, -0.15) is 22.0 Å². The van der Waals surface area contributed by atoms with E-state index in [2.05, 4.69) is 0 Å². The molecule has 0 spiro atoms. The summed E-state index contributed by atoms with van der Waals surface area (Å²) in [7, 11) is 0. The van der Waals surface area contributed by atoms with Crippen LogP contribution >= 0.6 is 0 Å². The number of halogens is 5. The van der Waals surface area contributed by atoms with Crippen LogP contribution in [0.15, 0.2) is 12.2 Å². The fourth-order valence-corrected chi connectivity index (χ4v) is 0.524. The van der Waals surface area contributed by atoms with Crippen LogP contribution in [0.1, 0.15) is 13.8 Å². The first kappa shape index (κ1) is 13.1. The molecule has 0 atom stereocenters. The summed E-state index contributed by atoms with van der Waals surface area (Å²) in [5.41, 5.74) is 0. The molecule has 0 unspecified atom stereocenters. The summed E-state index contributed by atoms with van der Waals surface area (Å²) >= 11 is 0. The van der Waals surface area contributed by atoms with Gasteiger partial charge in [0.15, 0.2) is 0 Å². The Labute approximate surface area is 77.6 Å². The van der Waals surface area contributed by atoms with Gasteiger partial charge in [-0.3, -0.25) is 4.79 Å². The minimum Gasteiger partial charge on any atom is -0.288 e. The van der Waals surface area contributed by atoms with E-state index in [1.165, 1.54) is 0 Å². The highest BCUT2D eigenvalue weighted by Gasteiger charge is 2.62. The third kappa shape index (κ3) is 3.08. The van der Waals surface area contributed by atoms with Gasteiger partial charge >= 0.3 is 12.1 Å².